The molecule has 3 rings (SSSR count). The first kappa shape index (κ1) is 26.9. The lowest BCUT2D eigenvalue weighted by Crippen LogP contribution is -2.04. The molecular weight excluding hydrogens is 485 g/mol. The summed E-state index contributed by atoms with van der Waals surface area (Å²) in [6.45, 7) is 1.08. The molecule has 182 valence electrons. The number of carboxylic acids is 1. The molecule has 0 atom stereocenters. The van der Waals surface area contributed by atoms with E-state index in [1.54, 1.807) is 18.3 Å². The molecule has 0 fully saturated rings. The summed E-state index contributed by atoms with van der Waals surface area (Å²) in [7, 11) is 0. The first-order valence-corrected chi connectivity index (χ1v) is 10.1. The third-order valence-electron chi connectivity index (χ3n) is 4.18. The minimum atomic E-state index is -4.41. The van der Waals surface area contributed by atoms with Crippen LogP contribution in [0.1, 0.15) is 42.3 Å². The molecule has 0 aliphatic rings. The fourth-order valence-electron chi connectivity index (χ4n) is 2.66. The summed E-state index contributed by atoms with van der Waals surface area (Å²) in [6, 6.07) is 7.66. The molecule has 6 nitrogen and oxygen atoms in total. The van der Waals surface area contributed by atoms with E-state index in [2.05, 4.69) is 15.0 Å². The number of aryl methyl sites for hydroxylation is 2. The Morgan fingerprint density at radius 1 is 1.06 bits per heavy atom. The monoisotopic (exact) mass is 503 g/mol. The van der Waals surface area contributed by atoms with E-state index in [-0.39, 0.29) is 16.7 Å². The highest BCUT2D eigenvalue weighted by Crippen LogP contribution is 2.31. The lowest BCUT2D eigenvalue weighted by atomic mass is 10.1. The van der Waals surface area contributed by atoms with E-state index in [1.165, 1.54) is 12.1 Å². The fourth-order valence-corrected chi connectivity index (χ4v) is 2.93. The van der Waals surface area contributed by atoms with Gasteiger partial charge in [0.05, 0.1) is 16.3 Å². The van der Waals surface area contributed by atoms with Gasteiger partial charge in [-0.2, -0.15) is 13.2 Å². The number of ether oxygens (including phenoxy) is 1. The fraction of sp³-hybridized carbons (Fsp3) is 0.273. The Balaban J connectivity index is 0.000000945. The third-order valence-corrected chi connectivity index (χ3v) is 4.59. The van der Waals surface area contributed by atoms with Crippen LogP contribution in [0.5, 0.6) is 11.6 Å². The number of benzene rings is 1. The van der Waals surface area contributed by atoms with Gasteiger partial charge in [0, 0.05) is 19.2 Å². The van der Waals surface area contributed by atoms with Gasteiger partial charge in [0.1, 0.15) is 17.8 Å². The van der Waals surface area contributed by atoms with Crippen LogP contribution >= 0.6 is 11.6 Å². The van der Waals surface area contributed by atoms with Gasteiger partial charge in [0.25, 0.3) is 12.4 Å². The first-order valence-electron chi connectivity index (χ1n) is 9.74. The van der Waals surface area contributed by atoms with Crippen LogP contribution in [0.15, 0.2) is 48.9 Å². The van der Waals surface area contributed by atoms with Gasteiger partial charge >= 0.3 is 6.18 Å². The number of pyridine rings is 1. The maximum Gasteiger partial charge on any atom is 0.416 e. The molecule has 12 heteroatoms. The predicted molar refractivity (Wildman–Crippen MR) is 113 cm³/mol. The summed E-state index contributed by atoms with van der Waals surface area (Å²) in [6.07, 6.45) is -2.94. The van der Waals surface area contributed by atoms with E-state index in [0.717, 1.165) is 30.9 Å². The summed E-state index contributed by atoms with van der Waals surface area (Å²) in [5.41, 5.74) is -0.0121. The number of rotatable bonds is 7. The summed E-state index contributed by atoms with van der Waals surface area (Å²) >= 11 is 5.92. The van der Waals surface area contributed by atoms with Crippen molar-refractivity contribution in [2.24, 2.45) is 0 Å². The molecule has 0 bridgehead atoms. The standard InChI is InChI=1S/C20H15ClF5N3O.C2H4O2/c21-17-15(28-11-29-18(17)19(22)23)3-1-2-12-4-9-16(27-10-12)30-14-7-5-13(6-8-14)20(24,25)26;1-2(3)4/h4-11,19H,1-3H2;1H3,(H,3,4). The Morgan fingerprint density at radius 3 is 2.24 bits per heavy atom. The zero-order valence-corrected chi connectivity index (χ0v) is 18.4. The second-order valence-electron chi connectivity index (χ2n) is 6.82. The quantitative estimate of drug-likeness (QED) is 0.368. The molecule has 0 saturated heterocycles. The molecule has 3 aromatic rings. The van der Waals surface area contributed by atoms with Crippen LogP contribution in [0, 0.1) is 0 Å². The number of carboxylic acid groups (broad SMARTS) is 1. The van der Waals surface area contributed by atoms with Crippen LogP contribution in [-0.4, -0.2) is 26.0 Å². The third kappa shape index (κ3) is 8.54. The first-order chi connectivity index (χ1) is 16.0. The summed E-state index contributed by atoms with van der Waals surface area (Å²) in [5.74, 6) is -0.365. The van der Waals surface area contributed by atoms with E-state index in [4.69, 9.17) is 26.2 Å². The maximum absolute atomic E-state index is 12.8. The summed E-state index contributed by atoms with van der Waals surface area (Å²) < 4.78 is 68.8. The van der Waals surface area contributed by atoms with Crippen molar-refractivity contribution in [3.05, 3.63) is 76.5 Å². The van der Waals surface area contributed by atoms with Gasteiger partial charge in [-0.15, -0.1) is 0 Å². The lowest BCUT2D eigenvalue weighted by molar-refractivity contribution is -0.137. The molecule has 0 aliphatic carbocycles. The number of carbonyl (C=O) groups is 1. The zero-order chi connectivity index (χ0) is 25.3. The largest absolute Gasteiger partial charge is 0.481 e. The number of nitrogens with zero attached hydrogens (tertiary/aromatic N) is 3. The van der Waals surface area contributed by atoms with Gasteiger partial charge in [0.15, 0.2) is 0 Å². The highest BCUT2D eigenvalue weighted by Gasteiger charge is 2.30. The molecular formula is C22H19ClF5N3O3. The normalized spacial score (nSPS) is 11.1. The Morgan fingerprint density at radius 2 is 1.71 bits per heavy atom. The number of alkyl halides is 5. The smallest absolute Gasteiger partial charge is 0.416 e. The summed E-state index contributed by atoms with van der Waals surface area (Å²) in [4.78, 5) is 20.6. The number of aliphatic carboxylic acids is 1. The average molecular weight is 504 g/mol. The molecule has 34 heavy (non-hydrogen) atoms. The van der Waals surface area contributed by atoms with Crippen LogP contribution < -0.4 is 4.74 Å². The molecule has 0 spiro atoms. The van der Waals surface area contributed by atoms with Gasteiger partial charge in [-0.05, 0) is 49.1 Å². The molecule has 0 saturated carbocycles. The lowest BCUT2D eigenvalue weighted by Gasteiger charge is -2.09. The molecule has 0 radical (unpaired) electrons. The van der Waals surface area contributed by atoms with E-state index in [0.29, 0.717) is 25.0 Å². The molecule has 2 aromatic heterocycles. The molecule has 2 heterocycles. The van der Waals surface area contributed by atoms with Crippen molar-refractivity contribution < 1.29 is 36.6 Å². The Bertz CT molecular complexity index is 1070. The number of hydrogen-bond donors (Lipinski definition) is 1. The van der Waals surface area contributed by atoms with Crippen molar-refractivity contribution in [2.45, 2.75) is 38.8 Å². The molecule has 0 amide bonds. The van der Waals surface area contributed by atoms with Crippen molar-refractivity contribution in [2.75, 3.05) is 0 Å². The van der Waals surface area contributed by atoms with Crippen LogP contribution in [0.25, 0.3) is 0 Å². The van der Waals surface area contributed by atoms with E-state index in [9.17, 15) is 22.0 Å². The van der Waals surface area contributed by atoms with Gasteiger partial charge in [0.2, 0.25) is 5.88 Å². The van der Waals surface area contributed by atoms with Crippen LogP contribution in [0.3, 0.4) is 0 Å². The summed E-state index contributed by atoms with van der Waals surface area (Å²) in [5, 5.41) is 7.30. The number of hydrogen-bond acceptors (Lipinski definition) is 5. The molecule has 0 unspecified atom stereocenters. The van der Waals surface area contributed by atoms with Crippen molar-refractivity contribution in [1.82, 2.24) is 15.0 Å². The van der Waals surface area contributed by atoms with Gasteiger partial charge < -0.3 is 9.84 Å². The Labute approximate surface area is 196 Å². The topological polar surface area (TPSA) is 85.2 Å². The number of halogens is 6. The SMILES string of the molecule is CC(=O)O.FC(F)c1ncnc(CCCc2ccc(Oc3ccc(C(F)(F)F)cc3)nc2)c1Cl. The van der Waals surface area contributed by atoms with Gasteiger partial charge in [-0.1, -0.05) is 17.7 Å². The van der Waals surface area contributed by atoms with Gasteiger partial charge in [-0.25, -0.2) is 23.7 Å². The van der Waals surface area contributed by atoms with Crippen LogP contribution in [0.2, 0.25) is 5.02 Å². The minimum absolute atomic E-state index is 0.120. The highest BCUT2D eigenvalue weighted by molar-refractivity contribution is 6.31. The Kier molecular flexibility index (Phi) is 9.67. The highest BCUT2D eigenvalue weighted by atomic mass is 35.5. The molecule has 1 aromatic carbocycles. The van der Waals surface area contributed by atoms with E-state index < -0.39 is 29.8 Å². The second kappa shape index (κ2) is 12.2. The van der Waals surface area contributed by atoms with E-state index >= 15 is 0 Å². The van der Waals surface area contributed by atoms with Crippen LogP contribution in [-0.2, 0) is 23.8 Å². The Hall–Kier alpha value is -3.34. The van der Waals surface area contributed by atoms with Crippen molar-refractivity contribution >= 4 is 17.6 Å². The molecule has 0 aliphatic heterocycles. The predicted octanol–water partition coefficient (Wildman–Crippen LogP) is 6.54. The minimum Gasteiger partial charge on any atom is -0.481 e. The number of aromatic nitrogens is 3. The van der Waals surface area contributed by atoms with Crippen LogP contribution in [0.4, 0.5) is 22.0 Å². The molecule has 1 N–H and O–H groups in total. The van der Waals surface area contributed by atoms with Crippen molar-refractivity contribution in [3.63, 3.8) is 0 Å². The van der Waals surface area contributed by atoms with Gasteiger partial charge in [-0.3, -0.25) is 4.79 Å². The maximum atomic E-state index is 12.8. The second-order valence-corrected chi connectivity index (χ2v) is 7.20. The van der Waals surface area contributed by atoms with Crippen molar-refractivity contribution in [3.8, 4) is 11.6 Å². The van der Waals surface area contributed by atoms with E-state index in [1.807, 2.05) is 0 Å². The zero-order valence-electron chi connectivity index (χ0n) is 17.7. The van der Waals surface area contributed by atoms with Crippen molar-refractivity contribution in [1.29, 1.82) is 0 Å². The average Bonchev–Trinajstić information content (AvgIpc) is 2.75.